The molecule has 0 aliphatic rings. The molecule has 0 fully saturated rings. The van der Waals surface area contributed by atoms with Crippen molar-refractivity contribution in [3.63, 3.8) is 0 Å². The molecule has 1 atom stereocenters. The molecule has 1 aromatic heterocycles. The van der Waals surface area contributed by atoms with E-state index in [1.807, 2.05) is 49.5 Å². The summed E-state index contributed by atoms with van der Waals surface area (Å²) in [5, 5.41) is 3.54. The average molecular weight is 351 g/mol. The number of fused-ring (bicyclic) bond motifs is 1. The Bertz CT molecular complexity index is 981. The van der Waals surface area contributed by atoms with Gasteiger partial charge in [-0.2, -0.15) is 0 Å². The van der Waals surface area contributed by atoms with Crippen LogP contribution in [0.15, 0.2) is 53.3 Å². The molecule has 26 heavy (non-hydrogen) atoms. The lowest BCUT2D eigenvalue weighted by Gasteiger charge is -2.14. The van der Waals surface area contributed by atoms with E-state index in [-0.39, 0.29) is 18.0 Å². The van der Waals surface area contributed by atoms with Crippen molar-refractivity contribution in [2.24, 2.45) is 0 Å². The smallest absolute Gasteiger partial charge is 0.279 e. The van der Waals surface area contributed by atoms with Crippen LogP contribution in [0.25, 0.3) is 10.9 Å². The fraction of sp³-hybridized carbons (Fsp3) is 0.250. The molecule has 3 N–H and O–H groups in total. The van der Waals surface area contributed by atoms with Crippen LogP contribution in [0, 0.1) is 0 Å². The number of aromatic amines is 1. The highest BCUT2D eigenvalue weighted by Gasteiger charge is 2.14. The van der Waals surface area contributed by atoms with Crippen LogP contribution < -0.4 is 15.8 Å². The molecule has 1 heterocycles. The molecule has 0 aliphatic carbocycles. The molecule has 134 valence electrons. The van der Waals surface area contributed by atoms with Gasteiger partial charge in [0.1, 0.15) is 6.54 Å². The summed E-state index contributed by atoms with van der Waals surface area (Å²) in [6, 6.07) is 15.0. The summed E-state index contributed by atoms with van der Waals surface area (Å²) in [6.45, 7) is 2.81. The number of rotatable bonds is 6. The highest BCUT2D eigenvalue weighted by Crippen LogP contribution is 2.14. The Morgan fingerprint density at radius 2 is 1.88 bits per heavy atom. The molecular weight excluding hydrogens is 328 g/mol. The summed E-state index contributed by atoms with van der Waals surface area (Å²) in [7, 11) is 1.90. The molecule has 2 aromatic carbocycles. The first-order chi connectivity index (χ1) is 12.6. The number of amides is 1. The van der Waals surface area contributed by atoms with Crippen molar-refractivity contribution in [2.45, 2.75) is 19.9 Å². The van der Waals surface area contributed by atoms with Gasteiger partial charge in [0.15, 0.2) is 12.4 Å². The van der Waals surface area contributed by atoms with Crippen LogP contribution in [0.2, 0.25) is 0 Å². The Morgan fingerprint density at radius 3 is 2.69 bits per heavy atom. The van der Waals surface area contributed by atoms with E-state index in [1.54, 1.807) is 6.07 Å². The number of aromatic nitrogens is 2. The first-order valence-electron chi connectivity index (χ1n) is 8.74. The third kappa shape index (κ3) is 4.15. The number of carbonyl (C=O) groups excluding carboxylic acids is 1. The summed E-state index contributed by atoms with van der Waals surface area (Å²) in [4.78, 5) is 32.7. The lowest BCUT2D eigenvalue weighted by Crippen LogP contribution is -3.08. The maximum absolute atomic E-state index is 12.3. The molecule has 3 rings (SSSR count). The zero-order valence-corrected chi connectivity index (χ0v) is 15.0. The standard InChI is InChI=1S/C20H22N4O2/c1-3-14-8-4-6-10-16(14)22-19(25)13-24(2)12-18-21-17-11-7-5-9-15(17)20(26)23-18/h4-11H,3,12-13H2,1-2H3,(H,22,25)(H,21,23,26)/p+1. The number of likely N-dealkylation sites (N-methyl/N-ethyl adjacent to an activating group) is 1. The van der Waals surface area contributed by atoms with Gasteiger partial charge in [-0.25, -0.2) is 4.98 Å². The van der Waals surface area contributed by atoms with Crippen LogP contribution in [0.4, 0.5) is 5.69 Å². The fourth-order valence-electron chi connectivity index (χ4n) is 2.99. The second-order valence-electron chi connectivity index (χ2n) is 6.40. The van der Waals surface area contributed by atoms with Crippen molar-refractivity contribution in [2.75, 3.05) is 18.9 Å². The Kier molecular flexibility index (Phi) is 5.43. The van der Waals surface area contributed by atoms with Gasteiger partial charge in [-0.3, -0.25) is 9.59 Å². The van der Waals surface area contributed by atoms with Crippen LogP contribution in [0.1, 0.15) is 18.3 Å². The maximum atomic E-state index is 12.3. The normalized spacial score (nSPS) is 12.1. The van der Waals surface area contributed by atoms with Gasteiger partial charge in [-0.1, -0.05) is 37.3 Å². The highest BCUT2D eigenvalue weighted by atomic mass is 16.2. The van der Waals surface area contributed by atoms with E-state index in [4.69, 9.17) is 0 Å². The third-order valence-corrected chi connectivity index (χ3v) is 4.27. The van der Waals surface area contributed by atoms with Gasteiger partial charge in [0, 0.05) is 5.69 Å². The van der Waals surface area contributed by atoms with Crippen molar-refractivity contribution in [1.82, 2.24) is 9.97 Å². The van der Waals surface area contributed by atoms with Gasteiger partial charge >= 0.3 is 0 Å². The molecule has 6 heteroatoms. The average Bonchev–Trinajstić information content (AvgIpc) is 2.62. The Labute approximate surface area is 151 Å². The molecule has 0 radical (unpaired) electrons. The van der Waals surface area contributed by atoms with E-state index in [2.05, 4.69) is 22.2 Å². The van der Waals surface area contributed by atoms with Crippen molar-refractivity contribution in [1.29, 1.82) is 0 Å². The van der Waals surface area contributed by atoms with Gasteiger partial charge < -0.3 is 15.2 Å². The first kappa shape index (κ1) is 17.8. The number of nitrogens with zero attached hydrogens (tertiary/aromatic N) is 1. The molecule has 0 saturated carbocycles. The third-order valence-electron chi connectivity index (χ3n) is 4.27. The number of aryl methyl sites for hydroxylation is 1. The van der Waals surface area contributed by atoms with Gasteiger partial charge in [-0.05, 0) is 30.2 Å². The molecule has 1 unspecified atom stereocenters. The molecule has 0 bridgehead atoms. The minimum absolute atomic E-state index is 0.0634. The number of H-pyrrole nitrogens is 1. The summed E-state index contributed by atoms with van der Waals surface area (Å²) in [5.41, 5.74) is 2.48. The van der Waals surface area contributed by atoms with Gasteiger partial charge in [0.2, 0.25) is 0 Å². The minimum atomic E-state index is -0.153. The number of anilines is 1. The SMILES string of the molecule is CCc1ccccc1NC(=O)C[NH+](C)Cc1nc2ccccc2c(=O)[nH]1. The minimum Gasteiger partial charge on any atom is -0.323 e. The highest BCUT2D eigenvalue weighted by molar-refractivity contribution is 5.92. The van der Waals surface area contributed by atoms with Crippen molar-refractivity contribution in [3.05, 3.63) is 70.3 Å². The van der Waals surface area contributed by atoms with E-state index in [0.717, 1.165) is 22.6 Å². The van der Waals surface area contributed by atoms with E-state index >= 15 is 0 Å². The van der Waals surface area contributed by atoms with Crippen LogP contribution in [-0.4, -0.2) is 29.5 Å². The molecule has 3 aromatic rings. The Hall–Kier alpha value is -2.99. The molecule has 0 saturated heterocycles. The summed E-state index contributed by atoms with van der Waals surface area (Å²) in [5.74, 6) is 0.513. The summed E-state index contributed by atoms with van der Waals surface area (Å²) in [6.07, 6.45) is 0.862. The number of benzene rings is 2. The maximum Gasteiger partial charge on any atom is 0.279 e. The largest absolute Gasteiger partial charge is 0.323 e. The summed E-state index contributed by atoms with van der Waals surface area (Å²) >= 11 is 0. The molecule has 1 amide bonds. The summed E-state index contributed by atoms with van der Waals surface area (Å²) < 4.78 is 0. The van der Waals surface area contributed by atoms with E-state index in [9.17, 15) is 9.59 Å². The van der Waals surface area contributed by atoms with Crippen LogP contribution in [0.3, 0.4) is 0 Å². The van der Waals surface area contributed by atoms with Crippen LogP contribution in [-0.2, 0) is 17.8 Å². The predicted molar refractivity (Wildman–Crippen MR) is 102 cm³/mol. The monoisotopic (exact) mass is 351 g/mol. The molecule has 0 aliphatic heterocycles. The number of hydrogen-bond acceptors (Lipinski definition) is 3. The first-order valence-corrected chi connectivity index (χ1v) is 8.74. The Balaban J connectivity index is 1.66. The van der Waals surface area contributed by atoms with Crippen LogP contribution >= 0.6 is 0 Å². The fourth-order valence-corrected chi connectivity index (χ4v) is 2.99. The quantitative estimate of drug-likeness (QED) is 0.623. The molecule has 0 spiro atoms. The topological polar surface area (TPSA) is 79.3 Å². The lowest BCUT2D eigenvalue weighted by molar-refractivity contribution is -0.885. The zero-order chi connectivity index (χ0) is 18.5. The molecule has 6 nitrogen and oxygen atoms in total. The van der Waals surface area contributed by atoms with Gasteiger partial charge in [-0.15, -0.1) is 0 Å². The van der Waals surface area contributed by atoms with Crippen molar-refractivity contribution in [3.8, 4) is 0 Å². The number of nitrogens with one attached hydrogen (secondary N) is 3. The predicted octanol–water partition coefficient (Wildman–Crippen LogP) is 1.14. The van der Waals surface area contributed by atoms with Crippen molar-refractivity contribution < 1.29 is 9.69 Å². The number of quaternary nitrogens is 1. The van der Waals surface area contributed by atoms with Crippen molar-refractivity contribution >= 4 is 22.5 Å². The van der Waals surface area contributed by atoms with Gasteiger partial charge in [0.25, 0.3) is 11.5 Å². The van der Waals surface area contributed by atoms with E-state index in [0.29, 0.717) is 23.3 Å². The van der Waals surface area contributed by atoms with Gasteiger partial charge in [0.05, 0.1) is 18.0 Å². The molecular formula is C20H23N4O2+. The Morgan fingerprint density at radius 1 is 1.15 bits per heavy atom. The number of carbonyl (C=O) groups is 1. The van der Waals surface area contributed by atoms with E-state index < -0.39 is 0 Å². The lowest BCUT2D eigenvalue weighted by atomic mass is 10.1. The second kappa shape index (κ2) is 7.93. The van der Waals surface area contributed by atoms with E-state index in [1.165, 1.54) is 0 Å². The zero-order valence-electron chi connectivity index (χ0n) is 15.0. The van der Waals surface area contributed by atoms with Crippen LogP contribution in [0.5, 0.6) is 0 Å². The second-order valence-corrected chi connectivity index (χ2v) is 6.40. The number of hydrogen-bond donors (Lipinski definition) is 3. The number of para-hydroxylation sites is 2.